The van der Waals surface area contributed by atoms with Crippen LogP contribution in [0.15, 0.2) is 12.2 Å². The van der Waals surface area contributed by atoms with Crippen molar-refractivity contribution in [2.75, 3.05) is 0 Å². The first-order chi connectivity index (χ1) is 11.9. The summed E-state index contributed by atoms with van der Waals surface area (Å²) in [7, 11) is 0. The van der Waals surface area contributed by atoms with E-state index in [4.69, 9.17) is 5.41 Å². The first-order valence-electron chi connectivity index (χ1n) is 11.2. The van der Waals surface area contributed by atoms with Gasteiger partial charge in [-0.15, -0.1) is 0 Å². The molecule has 0 spiro atoms. The van der Waals surface area contributed by atoms with Crippen molar-refractivity contribution in [2.24, 2.45) is 11.8 Å². The van der Waals surface area contributed by atoms with Crippen molar-refractivity contribution >= 4 is 5.71 Å². The van der Waals surface area contributed by atoms with Gasteiger partial charge in [0.25, 0.3) is 0 Å². The second-order valence-corrected chi connectivity index (χ2v) is 8.59. The maximum Gasteiger partial charge on any atom is 0.0114 e. The van der Waals surface area contributed by atoms with Crippen LogP contribution in [0.5, 0.6) is 0 Å². The van der Waals surface area contributed by atoms with Gasteiger partial charge in [-0.05, 0) is 37.5 Å². The Morgan fingerprint density at radius 2 is 0.880 bits per heavy atom. The number of allylic oxidation sites excluding steroid dienone is 1. The molecule has 1 N–H and O–H groups in total. The van der Waals surface area contributed by atoms with Gasteiger partial charge in [0.05, 0.1) is 0 Å². The molecule has 0 heterocycles. The first-order valence-corrected chi connectivity index (χ1v) is 11.2. The molecule has 0 fully saturated rings. The third kappa shape index (κ3) is 16.6. The third-order valence-corrected chi connectivity index (χ3v) is 5.46. The zero-order valence-corrected chi connectivity index (χ0v) is 18.0. The van der Waals surface area contributed by atoms with E-state index in [0.717, 1.165) is 12.1 Å². The van der Waals surface area contributed by atoms with Gasteiger partial charge in [0.2, 0.25) is 0 Å². The summed E-state index contributed by atoms with van der Waals surface area (Å²) in [5.74, 6) is 1.10. The molecular formula is C24H47N. The van der Waals surface area contributed by atoms with E-state index < -0.39 is 0 Å². The molecule has 0 atom stereocenters. The van der Waals surface area contributed by atoms with Gasteiger partial charge in [-0.2, -0.15) is 0 Å². The number of nitrogens with one attached hydrogen (secondary N) is 1. The Morgan fingerprint density at radius 1 is 0.560 bits per heavy atom. The van der Waals surface area contributed by atoms with Crippen LogP contribution in [0, 0.1) is 17.2 Å². The highest BCUT2D eigenvalue weighted by molar-refractivity contribution is 5.82. The molecule has 1 heteroatoms. The predicted molar refractivity (Wildman–Crippen MR) is 116 cm³/mol. The second kappa shape index (κ2) is 16.9. The molecule has 0 unspecified atom stereocenters. The average molecular weight is 350 g/mol. The maximum absolute atomic E-state index is 7.84. The van der Waals surface area contributed by atoms with Crippen molar-refractivity contribution in [3.05, 3.63) is 12.2 Å². The molecule has 1 nitrogen and oxygen atoms in total. The zero-order valence-electron chi connectivity index (χ0n) is 18.0. The normalized spacial score (nSPS) is 11.4. The van der Waals surface area contributed by atoms with Crippen molar-refractivity contribution in [1.29, 1.82) is 5.41 Å². The average Bonchev–Trinajstić information content (AvgIpc) is 2.57. The quantitative estimate of drug-likeness (QED) is 0.145. The van der Waals surface area contributed by atoms with Crippen LogP contribution in [0.1, 0.15) is 124 Å². The van der Waals surface area contributed by atoms with Gasteiger partial charge in [0.1, 0.15) is 0 Å². The molecule has 25 heavy (non-hydrogen) atoms. The van der Waals surface area contributed by atoms with E-state index >= 15 is 0 Å². The minimum atomic E-state index is 0.444. The first kappa shape index (κ1) is 24.4. The molecule has 0 aliphatic carbocycles. The molecule has 0 aromatic rings. The molecule has 0 aliphatic rings. The summed E-state index contributed by atoms with van der Waals surface area (Å²) in [5.41, 5.74) is 2.36. The maximum atomic E-state index is 7.84. The molecule has 0 bridgehead atoms. The smallest absolute Gasteiger partial charge is 0.0114 e. The summed E-state index contributed by atoms with van der Waals surface area (Å²) in [5, 5.41) is 7.84. The summed E-state index contributed by atoms with van der Waals surface area (Å²) < 4.78 is 0. The van der Waals surface area contributed by atoms with Crippen LogP contribution < -0.4 is 0 Å². The monoisotopic (exact) mass is 349 g/mol. The predicted octanol–water partition coefficient (Wildman–Crippen LogP) is 8.73. The van der Waals surface area contributed by atoms with Crippen LogP contribution in [0.3, 0.4) is 0 Å². The zero-order chi connectivity index (χ0) is 18.9. The van der Waals surface area contributed by atoms with Crippen LogP contribution in [0.4, 0.5) is 0 Å². The van der Waals surface area contributed by atoms with E-state index in [1.54, 1.807) is 0 Å². The van der Waals surface area contributed by atoms with Gasteiger partial charge in [-0.25, -0.2) is 0 Å². The summed E-state index contributed by atoms with van der Waals surface area (Å²) in [6.07, 6.45) is 20.3. The molecule has 0 saturated heterocycles. The minimum absolute atomic E-state index is 0.444. The van der Waals surface area contributed by atoms with Crippen molar-refractivity contribution < 1.29 is 0 Å². The van der Waals surface area contributed by atoms with Crippen LogP contribution in [-0.2, 0) is 0 Å². The fourth-order valence-electron chi connectivity index (χ4n) is 3.19. The van der Waals surface area contributed by atoms with Crippen LogP contribution in [-0.4, -0.2) is 5.71 Å². The minimum Gasteiger partial charge on any atom is -0.309 e. The molecule has 0 saturated carbocycles. The van der Waals surface area contributed by atoms with Gasteiger partial charge < -0.3 is 5.41 Å². The lowest BCUT2D eigenvalue weighted by atomic mass is 9.98. The van der Waals surface area contributed by atoms with Gasteiger partial charge in [-0.3, -0.25) is 0 Å². The SMILES string of the molecule is C=C(CCCCCCCCCCCCCCCC(=N)C(C)C)C(C)C. The Kier molecular flexibility index (Phi) is 16.5. The van der Waals surface area contributed by atoms with E-state index in [2.05, 4.69) is 34.3 Å². The molecular weight excluding hydrogens is 302 g/mol. The molecule has 0 aromatic heterocycles. The Balaban J connectivity index is 3.14. The Labute approximate surface area is 159 Å². The molecule has 0 rings (SSSR count). The second-order valence-electron chi connectivity index (χ2n) is 8.59. The van der Waals surface area contributed by atoms with Gasteiger partial charge in [0.15, 0.2) is 0 Å². The number of hydrogen-bond acceptors (Lipinski definition) is 1. The molecule has 0 amide bonds. The standard InChI is InChI=1S/C24H47N/c1-21(2)23(5)19-17-15-13-11-9-7-6-8-10-12-14-16-18-20-24(25)22(3)4/h21-22,25H,5-20H2,1-4H3. The highest BCUT2D eigenvalue weighted by Gasteiger charge is 2.02. The van der Waals surface area contributed by atoms with Crippen molar-refractivity contribution in [3.63, 3.8) is 0 Å². The lowest BCUT2D eigenvalue weighted by Crippen LogP contribution is -2.04. The topological polar surface area (TPSA) is 23.9 Å². The lowest BCUT2D eigenvalue weighted by molar-refractivity contribution is 0.535. The molecule has 0 aliphatic heterocycles. The van der Waals surface area contributed by atoms with Crippen molar-refractivity contribution in [1.82, 2.24) is 0 Å². The fourth-order valence-corrected chi connectivity index (χ4v) is 3.19. The number of rotatable bonds is 18. The largest absolute Gasteiger partial charge is 0.309 e. The molecule has 0 aromatic carbocycles. The van der Waals surface area contributed by atoms with E-state index in [9.17, 15) is 0 Å². The lowest BCUT2D eigenvalue weighted by Gasteiger charge is -2.08. The van der Waals surface area contributed by atoms with E-state index in [0.29, 0.717) is 11.8 Å². The van der Waals surface area contributed by atoms with Gasteiger partial charge in [-0.1, -0.05) is 110 Å². The summed E-state index contributed by atoms with van der Waals surface area (Å²) >= 11 is 0. The van der Waals surface area contributed by atoms with E-state index in [1.807, 2.05) is 0 Å². The molecule has 0 radical (unpaired) electrons. The van der Waals surface area contributed by atoms with Crippen molar-refractivity contribution in [3.8, 4) is 0 Å². The highest BCUT2D eigenvalue weighted by Crippen LogP contribution is 2.17. The Bertz CT molecular complexity index is 295. The Morgan fingerprint density at radius 3 is 1.20 bits per heavy atom. The molecule has 148 valence electrons. The number of hydrogen-bond donors (Lipinski definition) is 1. The van der Waals surface area contributed by atoms with E-state index in [-0.39, 0.29) is 0 Å². The summed E-state index contributed by atoms with van der Waals surface area (Å²) in [6, 6.07) is 0. The van der Waals surface area contributed by atoms with Crippen LogP contribution >= 0.6 is 0 Å². The summed E-state index contributed by atoms with van der Waals surface area (Å²) in [6.45, 7) is 12.9. The van der Waals surface area contributed by atoms with E-state index in [1.165, 1.54) is 95.5 Å². The number of unbranched alkanes of at least 4 members (excludes halogenated alkanes) is 12. The van der Waals surface area contributed by atoms with Gasteiger partial charge >= 0.3 is 0 Å². The third-order valence-electron chi connectivity index (χ3n) is 5.46. The van der Waals surface area contributed by atoms with Crippen molar-refractivity contribution in [2.45, 2.75) is 124 Å². The van der Waals surface area contributed by atoms with Crippen LogP contribution in [0.25, 0.3) is 0 Å². The van der Waals surface area contributed by atoms with Crippen LogP contribution in [0.2, 0.25) is 0 Å². The van der Waals surface area contributed by atoms with Gasteiger partial charge in [0, 0.05) is 5.71 Å². The fraction of sp³-hybridized carbons (Fsp3) is 0.875. The Hall–Kier alpha value is -0.590. The highest BCUT2D eigenvalue weighted by atomic mass is 14.4. The summed E-state index contributed by atoms with van der Waals surface area (Å²) in [4.78, 5) is 0.